The maximum atomic E-state index is 10.5. The van der Waals surface area contributed by atoms with Gasteiger partial charge in [-0.3, -0.25) is 4.79 Å². The Morgan fingerprint density at radius 1 is 1.73 bits per heavy atom. The Bertz CT molecular complexity index is 244. The fourth-order valence-corrected chi connectivity index (χ4v) is 1.22. The van der Waals surface area contributed by atoms with Crippen LogP contribution in [-0.2, 0) is 4.79 Å². The monoisotopic (exact) mass is 148 g/mol. The van der Waals surface area contributed by atoms with Gasteiger partial charge in [0.05, 0.1) is 0 Å². The predicted molar refractivity (Wildman–Crippen MR) is 46.3 cm³/mol. The van der Waals surface area contributed by atoms with Gasteiger partial charge < -0.3 is 0 Å². The molecule has 1 nitrogen and oxygen atoms in total. The summed E-state index contributed by atoms with van der Waals surface area (Å²) in [5.41, 5.74) is 2.88. The number of carbonyl (C=O) groups excluding carboxylic acids is 1. The van der Waals surface area contributed by atoms with Gasteiger partial charge in [0.15, 0.2) is 0 Å². The molecule has 1 aliphatic rings. The average Bonchev–Trinajstić information content (AvgIpc) is 2.04. The van der Waals surface area contributed by atoms with E-state index in [1.807, 2.05) is 13.0 Å². The summed E-state index contributed by atoms with van der Waals surface area (Å²) in [6.07, 6.45) is 6.84. The van der Waals surface area contributed by atoms with Gasteiger partial charge in [0.1, 0.15) is 6.29 Å². The highest BCUT2D eigenvalue weighted by Gasteiger charge is 2.06. The van der Waals surface area contributed by atoms with Crippen molar-refractivity contribution in [3.8, 4) is 0 Å². The molecule has 0 heterocycles. The van der Waals surface area contributed by atoms with Gasteiger partial charge in [-0.05, 0) is 30.9 Å². The summed E-state index contributed by atoms with van der Waals surface area (Å²) < 4.78 is 0. The van der Waals surface area contributed by atoms with Crippen LogP contribution < -0.4 is 0 Å². The smallest absolute Gasteiger partial charge is 0.146 e. The molecule has 58 valence electrons. The maximum Gasteiger partial charge on any atom is 0.146 e. The van der Waals surface area contributed by atoms with Gasteiger partial charge in [-0.15, -0.1) is 0 Å². The Labute approximate surface area is 67.1 Å². The van der Waals surface area contributed by atoms with Gasteiger partial charge >= 0.3 is 0 Å². The van der Waals surface area contributed by atoms with Crippen LogP contribution in [0.15, 0.2) is 35.5 Å². The minimum absolute atomic E-state index is 0.863. The summed E-state index contributed by atoms with van der Waals surface area (Å²) in [4.78, 5) is 10.5. The molecular weight excluding hydrogens is 136 g/mol. The third-order valence-electron chi connectivity index (χ3n) is 1.81. The van der Waals surface area contributed by atoms with Crippen LogP contribution in [0.3, 0.4) is 0 Å². The Morgan fingerprint density at radius 3 is 2.91 bits per heavy atom. The summed E-state index contributed by atoms with van der Waals surface area (Å²) in [5.74, 6) is 0. The van der Waals surface area contributed by atoms with Crippen LogP contribution in [0.1, 0.15) is 19.8 Å². The first kappa shape index (κ1) is 7.99. The standard InChI is InChI=1S/C10H12O/c1-8(2)10-6-4-3-5-9(10)7-11/h4,6-7H,1,3,5H2,2H3. The summed E-state index contributed by atoms with van der Waals surface area (Å²) in [6.45, 7) is 5.73. The number of aldehydes is 1. The van der Waals surface area contributed by atoms with Crippen molar-refractivity contribution in [1.29, 1.82) is 0 Å². The summed E-state index contributed by atoms with van der Waals surface area (Å²) in [6, 6.07) is 0. The summed E-state index contributed by atoms with van der Waals surface area (Å²) >= 11 is 0. The first-order chi connectivity index (χ1) is 5.25. The third kappa shape index (κ3) is 1.67. The number of hydrogen-bond donors (Lipinski definition) is 0. The molecule has 0 radical (unpaired) electrons. The Kier molecular flexibility index (Phi) is 2.42. The highest BCUT2D eigenvalue weighted by atomic mass is 16.1. The molecule has 0 aliphatic heterocycles. The highest BCUT2D eigenvalue weighted by molar-refractivity contribution is 5.78. The van der Waals surface area contributed by atoms with E-state index in [-0.39, 0.29) is 0 Å². The van der Waals surface area contributed by atoms with Crippen LogP contribution >= 0.6 is 0 Å². The van der Waals surface area contributed by atoms with Crippen LogP contribution in [0.4, 0.5) is 0 Å². The molecule has 1 rings (SSSR count). The van der Waals surface area contributed by atoms with Crippen molar-refractivity contribution in [2.45, 2.75) is 19.8 Å². The van der Waals surface area contributed by atoms with Crippen molar-refractivity contribution in [3.05, 3.63) is 35.5 Å². The zero-order valence-corrected chi connectivity index (χ0v) is 6.76. The molecule has 0 bridgehead atoms. The topological polar surface area (TPSA) is 17.1 Å². The van der Waals surface area contributed by atoms with Crippen molar-refractivity contribution in [3.63, 3.8) is 0 Å². The van der Waals surface area contributed by atoms with Gasteiger partial charge in [-0.25, -0.2) is 0 Å². The Morgan fingerprint density at radius 2 is 2.45 bits per heavy atom. The van der Waals surface area contributed by atoms with Crippen LogP contribution in [-0.4, -0.2) is 6.29 Å². The molecule has 0 aromatic rings. The maximum absolute atomic E-state index is 10.5. The normalized spacial score (nSPS) is 16.8. The molecule has 11 heavy (non-hydrogen) atoms. The zero-order chi connectivity index (χ0) is 8.27. The minimum Gasteiger partial charge on any atom is -0.298 e. The second-order valence-electron chi connectivity index (χ2n) is 2.78. The van der Waals surface area contributed by atoms with Gasteiger partial charge in [0.2, 0.25) is 0 Å². The van der Waals surface area contributed by atoms with Crippen molar-refractivity contribution < 1.29 is 4.79 Å². The van der Waals surface area contributed by atoms with Gasteiger partial charge in [-0.1, -0.05) is 24.3 Å². The Balaban J connectivity index is 3.01. The largest absolute Gasteiger partial charge is 0.298 e. The van der Waals surface area contributed by atoms with E-state index < -0.39 is 0 Å². The summed E-state index contributed by atoms with van der Waals surface area (Å²) in [5, 5.41) is 0. The van der Waals surface area contributed by atoms with Gasteiger partial charge in [-0.2, -0.15) is 0 Å². The molecule has 0 saturated heterocycles. The minimum atomic E-state index is 0.863. The highest BCUT2D eigenvalue weighted by Crippen LogP contribution is 2.21. The predicted octanol–water partition coefficient (Wildman–Crippen LogP) is 2.41. The van der Waals surface area contributed by atoms with E-state index in [1.54, 1.807) is 0 Å². The van der Waals surface area contributed by atoms with Gasteiger partial charge in [0, 0.05) is 0 Å². The summed E-state index contributed by atoms with van der Waals surface area (Å²) in [7, 11) is 0. The van der Waals surface area contributed by atoms with E-state index in [0.29, 0.717) is 0 Å². The Hall–Kier alpha value is -1.11. The molecule has 0 fully saturated rings. The van der Waals surface area contributed by atoms with E-state index in [2.05, 4.69) is 12.7 Å². The van der Waals surface area contributed by atoms with Crippen LogP contribution in [0, 0.1) is 0 Å². The first-order valence-corrected chi connectivity index (χ1v) is 3.76. The molecule has 0 N–H and O–H groups in total. The molecule has 1 aliphatic carbocycles. The second kappa shape index (κ2) is 3.33. The molecule has 0 amide bonds. The fourth-order valence-electron chi connectivity index (χ4n) is 1.22. The van der Waals surface area contributed by atoms with Crippen molar-refractivity contribution in [1.82, 2.24) is 0 Å². The number of hydrogen-bond acceptors (Lipinski definition) is 1. The number of rotatable bonds is 2. The van der Waals surface area contributed by atoms with Gasteiger partial charge in [0.25, 0.3) is 0 Å². The van der Waals surface area contributed by atoms with E-state index in [9.17, 15) is 4.79 Å². The first-order valence-electron chi connectivity index (χ1n) is 3.76. The molecule has 0 aromatic heterocycles. The SMILES string of the molecule is C=C(C)C1=C(C=O)CCC=C1. The lowest BCUT2D eigenvalue weighted by atomic mass is 9.95. The van der Waals surface area contributed by atoms with E-state index in [1.165, 1.54) is 0 Å². The lowest BCUT2D eigenvalue weighted by Gasteiger charge is -2.10. The third-order valence-corrected chi connectivity index (χ3v) is 1.81. The van der Waals surface area contributed by atoms with E-state index in [4.69, 9.17) is 0 Å². The molecular formula is C10H12O. The second-order valence-corrected chi connectivity index (χ2v) is 2.78. The molecule has 0 unspecified atom stereocenters. The van der Waals surface area contributed by atoms with Crippen molar-refractivity contribution >= 4 is 6.29 Å². The molecule has 0 spiro atoms. The zero-order valence-electron chi connectivity index (χ0n) is 6.76. The van der Waals surface area contributed by atoms with E-state index in [0.717, 1.165) is 35.8 Å². The van der Waals surface area contributed by atoms with Crippen molar-refractivity contribution in [2.24, 2.45) is 0 Å². The molecule has 0 aromatic carbocycles. The fraction of sp³-hybridized carbons (Fsp3) is 0.300. The number of carbonyl (C=O) groups is 1. The van der Waals surface area contributed by atoms with Crippen LogP contribution in [0.5, 0.6) is 0 Å². The lowest BCUT2D eigenvalue weighted by Crippen LogP contribution is -1.96. The van der Waals surface area contributed by atoms with E-state index >= 15 is 0 Å². The molecule has 0 saturated carbocycles. The molecule has 1 heteroatoms. The van der Waals surface area contributed by atoms with Crippen molar-refractivity contribution in [2.75, 3.05) is 0 Å². The van der Waals surface area contributed by atoms with Crippen LogP contribution in [0.2, 0.25) is 0 Å². The molecule has 0 atom stereocenters. The number of allylic oxidation sites excluding steroid dienone is 5. The van der Waals surface area contributed by atoms with Crippen LogP contribution in [0.25, 0.3) is 0 Å². The average molecular weight is 148 g/mol. The lowest BCUT2D eigenvalue weighted by molar-refractivity contribution is -0.105. The quantitative estimate of drug-likeness (QED) is 0.549.